The minimum atomic E-state index is 0. The smallest absolute Gasteiger partial charge is 0.225 e. The highest BCUT2D eigenvalue weighted by atomic mass is 35.5. The lowest BCUT2D eigenvalue weighted by Gasteiger charge is -2.23. The second-order valence-corrected chi connectivity index (χ2v) is 7.50. The number of nitrogens with zero attached hydrogens (tertiary/aromatic N) is 2. The van der Waals surface area contributed by atoms with E-state index in [0.717, 1.165) is 37.4 Å². The Kier molecular flexibility index (Phi) is 4.97. The zero-order valence-corrected chi connectivity index (χ0v) is 14.5. The Morgan fingerprint density at radius 1 is 1.39 bits per heavy atom. The SMILES string of the molecule is Cl.Cn1cc([C@H]2CNC[C@@H]2C(=O)NCC2CC3CCC2C3)cn1. The van der Waals surface area contributed by atoms with Gasteiger partial charge in [-0.2, -0.15) is 5.10 Å². The molecule has 1 aromatic heterocycles. The molecule has 0 spiro atoms. The Hall–Kier alpha value is -1.07. The Labute approximate surface area is 144 Å². The number of halogens is 1. The summed E-state index contributed by atoms with van der Waals surface area (Å²) in [5.74, 6) is 3.08. The van der Waals surface area contributed by atoms with E-state index in [2.05, 4.69) is 15.7 Å². The van der Waals surface area contributed by atoms with Gasteiger partial charge in [0.05, 0.1) is 12.1 Å². The van der Waals surface area contributed by atoms with Crippen molar-refractivity contribution in [3.05, 3.63) is 18.0 Å². The molecule has 2 N–H and O–H groups in total. The van der Waals surface area contributed by atoms with Crippen molar-refractivity contribution in [2.75, 3.05) is 19.6 Å². The van der Waals surface area contributed by atoms with Crippen LogP contribution < -0.4 is 10.6 Å². The van der Waals surface area contributed by atoms with E-state index in [-0.39, 0.29) is 30.2 Å². The van der Waals surface area contributed by atoms with E-state index in [1.54, 1.807) is 0 Å². The summed E-state index contributed by atoms with van der Waals surface area (Å²) in [4.78, 5) is 12.6. The highest BCUT2D eigenvalue weighted by Gasteiger charge is 2.40. The van der Waals surface area contributed by atoms with E-state index in [9.17, 15) is 4.79 Å². The number of carbonyl (C=O) groups is 1. The predicted molar refractivity (Wildman–Crippen MR) is 91.5 cm³/mol. The molecule has 3 aliphatic rings. The minimum absolute atomic E-state index is 0. The Bertz CT molecular complexity index is 561. The summed E-state index contributed by atoms with van der Waals surface area (Å²) in [6.45, 7) is 2.54. The van der Waals surface area contributed by atoms with Crippen molar-refractivity contribution in [3.63, 3.8) is 0 Å². The fourth-order valence-electron chi connectivity index (χ4n) is 4.93. The molecule has 0 aromatic carbocycles. The van der Waals surface area contributed by atoms with Crippen molar-refractivity contribution in [3.8, 4) is 0 Å². The zero-order chi connectivity index (χ0) is 15.1. The topological polar surface area (TPSA) is 59.0 Å². The van der Waals surface area contributed by atoms with Gasteiger partial charge in [-0.1, -0.05) is 6.42 Å². The average molecular weight is 339 g/mol. The summed E-state index contributed by atoms with van der Waals surface area (Å²) in [5, 5.41) is 10.9. The van der Waals surface area contributed by atoms with Crippen molar-refractivity contribution >= 4 is 18.3 Å². The van der Waals surface area contributed by atoms with Gasteiger partial charge in [-0.3, -0.25) is 9.48 Å². The van der Waals surface area contributed by atoms with Crippen LogP contribution in [0.25, 0.3) is 0 Å². The fraction of sp³-hybridized carbons (Fsp3) is 0.765. The van der Waals surface area contributed by atoms with Gasteiger partial charge in [0.25, 0.3) is 0 Å². The molecule has 2 saturated carbocycles. The van der Waals surface area contributed by atoms with Gasteiger partial charge in [0.2, 0.25) is 5.91 Å². The molecular formula is C17H27ClN4O. The van der Waals surface area contributed by atoms with Gasteiger partial charge in [-0.05, 0) is 42.6 Å². The summed E-state index contributed by atoms with van der Waals surface area (Å²) in [5.41, 5.74) is 1.17. The Morgan fingerprint density at radius 2 is 2.26 bits per heavy atom. The molecule has 1 aromatic rings. The average Bonchev–Trinajstić information content (AvgIpc) is 3.27. The molecule has 4 rings (SSSR count). The molecule has 2 aliphatic carbocycles. The lowest BCUT2D eigenvalue weighted by Crippen LogP contribution is -2.38. The van der Waals surface area contributed by atoms with Crippen molar-refractivity contribution < 1.29 is 4.79 Å². The first-order chi connectivity index (χ1) is 10.7. The molecule has 5 atom stereocenters. The van der Waals surface area contributed by atoms with Gasteiger partial charge in [0.15, 0.2) is 0 Å². The molecule has 3 unspecified atom stereocenters. The van der Waals surface area contributed by atoms with Crippen LogP contribution in [0.5, 0.6) is 0 Å². The highest BCUT2D eigenvalue weighted by molar-refractivity contribution is 5.85. The molecule has 1 amide bonds. The largest absolute Gasteiger partial charge is 0.356 e. The van der Waals surface area contributed by atoms with Crippen LogP contribution in [-0.4, -0.2) is 35.3 Å². The summed E-state index contributed by atoms with van der Waals surface area (Å²) in [6, 6.07) is 0. The van der Waals surface area contributed by atoms with Crippen LogP contribution in [0.4, 0.5) is 0 Å². The molecule has 2 bridgehead atoms. The number of amides is 1. The quantitative estimate of drug-likeness (QED) is 0.878. The molecule has 1 aliphatic heterocycles. The zero-order valence-electron chi connectivity index (χ0n) is 13.7. The number of aryl methyl sites for hydroxylation is 1. The Balaban J connectivity index is 0.00000156. The first-order valence-electron chi connectivity index (χ1n) is 8.67. The maximum absolute atomic E-state index is 12.6. The molecule has 5 nitrogen and oxygen atoms in total. The van der Waals surface area contributed by atoms with E-state index in [1.807, 2.05) is 24.1 Å². The monoisotopic (exact) mass is 338 g/mol. The third-order valence-electron chi connectivity index (χ3n) is 6.13. The number of hydrogen-bond donors (Lipinski definition) is 2. The van der Waals surface area contributed by atoms with Crippen LogP contribution in [0.2, 0.25) is 0 Å². The number of rotatable bonds is 4. The first kappa shape index (κ1) is 16.8. The molecule has 2 heterocycles. The van der Waals surface area contributed by atoms with Gasteiger partial charge in [-0.25, -0.2) is 0 Å². The third kappa shape index (κ3) is 3.26. The van der Waals surface area contributed by atoms with E-state index < -0.39 is 0 Å². The molecule has 6 heteroatoms. The maximum atomic E-state index is 12.6. The second-order valence-electron chi connectivity index (χ2n) is 7.50. The third-order valence-corrected chi connectivity index (χ3v) is 6.13. The van der Waals surface area contributed by atoms with Gasteiger partial charge >= 0.3 is 0 Å². The summed E-state index contributed by atoms with van der Waals surface area (Å²) < 4.78 is 1.82. The fourth-order valence-corrected chi connectivity index (χ4v) is 4.93. The van der Waals surface area contributed by atoms with E-state index in [0.29, 0.717) is 0 Å². The lowest BCUT2D eigenvalue weighted by atomic mass is 9.87. The van der Waals surface area contributed by atoms with Crippen LogP contribution in [0.1, 0.15) is 37.2 Å². The van der Waals surface area contributed by atoms with Gasteiger partial charge in [0.1, 0.15) is 0 Å². The number of hydrogen-bond acceptors (Lipinski definition) is 3. The summed E-state index contributed by atoms with van der Waals surface area (Å²) >= 11 is 0. The van der Waals surface area contributed by atoms with Crippen LogP contribution >= 0.6 is 12.4 Å². The highest BCUT2D eigenvalue weighted by Crippen LogP contribution is 2.48. The van der Waals surface area contributed by atoms with Crippen LogP contribution in [0, 0.1) is 23.7 Å². The van der Waals surface area contributed by atoms with Gasteiger partial charge in [0, 0.05) is 38.8 Å². The molecular weight excluding hydrogens is 312 g/mol. The van der Waals surface area contributed by atoms with Gasteiger partial charge in [-0.15, -0.1) is 12.4 Å². The number of fused-ring (bicyclic) bond motifs is 2. The summed E-state index contributed by atoms with van der Waals surface area (Å²) in [7, 11) is 1.93. The van der Waals surface area contributed by atoms with Crippen molar-refractivity contribution in [2.24, 2.45) is 30.7 Å². The second kappa shape index (κ2) is 6.81. The van der Waals surface area contributed by atoms with Crippen molar-refractivity contribution in [2.45, 2.75) is 31.6 Å². The molecule has 3 fully saturated rings. The minimum Gasteiger partial charge on any atom is -0.356 e. The normalized spacial score (nSPS) is 35.3. The molecule has 0 radical (unpaired) electrons. The molecule has 128 valence electrons. The lowest BCUT2D eigenvalue weighted by molar-refractivity contribution is -0.125. The van der Waals surface area contributed by atoms with Crippen LogP contribution in [-0.2, 0) is 11.8 Å². The first-order valence-corrected chi connectivity index (χ1v) is 8.67. The molecule has 23 heavy (non-hydrogen) atoms. The van der Waals surface area contributed by atoms with E-state index in [1.165, 1.54) is 31.2 Å². The van der Waals surface area contributed by atoms with E-state index in [4.69, 9.17) is 0 Å². The maximum Gasteiger partial charge on any atom is 0.225 e. The number of aromatic nitrogens is 2. The Morgan fingerprint density at radius 3 is 2.91 bits per heavy atom. The van der Waals surface area contributed by atoms with Crippen LogP contribution in [0.15, 0.2) is 12.4 Å². The van der Waals surface area contributed by atoms with Crippen molar-refractivity contribution in [1.29, 1.82) is 0 Å². The van der Waals surface area contributed by atoms with E-state index >= 15 is 0 Å². The predicted octanol–water partition coefficient (Wildman–Crippen LogP) is 1.70. The van der Waals surface area contributed by atoms with Crippen LogP contribution in [0.3, 0.4) is 0 Å². The molecule has 1 saturated heterocycles. The number of nitrogens with one attached hydrogen (secondary N) is 2. The van der Waals surface area contributed by atoms with Crippen molar-refractivity contribution in [1.82, 2.24) is 20.4 Å². The van der Waals surface area contributed by atoms with Gasteiger partial charge < -0.3 is 10.6 Å². The summed E-state index contributed by atoms with van der Waals surface area (Å²) in [6.07, 6.45) is 9.48. The number of carbonyl (C=O) groups excluding carboxylic acids is 1. The standard InChI is InChI=1S/C17H26N4O.ClH/c1-21-10-14(7-20-21)15-8-18-9-16(15)17(22)19-6-13-5-11-2-3-12(13)4-11;/h7,10-13,15-16,18H,2-6,8-9H2,1H3,(H,19,22);1H/t11?,12?,13?,15-,16+;/m1./s1.